The van der Waals surface area contributed by atoms with E-state index in [1.807, 2.05) is 0 Å². The molecule has 0 unspecified atom stereocenters. The fraction of sp³-hybridized carbons (Fsp3) is 0.650. The smallest absolute Gasteiger partial charge is 0.323 e. The van der Waals surface area contributed by atoms with E-state index < -0.39 is 23.1 Å². The second kappa shape index (κ2) is 9.55. The van der Waals surface area contributed by atoms with Gasteiger partial charge >= 0.3 is 11.9 Å². The highest BCUT2D eigenvalue weighted by Crippen LogP contribution is 2.40. The summed E-state index contributed by atoms with van der Waals surface area (Å²) in [5, 5.41) is 0. The molecule has 144 valence electrons. The van der Waals surface area contributed by atoms with Crippen LogP contribution in [0.15, 0.2) is 22.8 Å². The van der Waals surface area contributed by atoms with Crippen molar-refractivity contribution in [2.24, 2.45) is 11.3 Å². The molecule has 0 bridgehead atoms. The van der Waals surface area contributed by atoms with Crippen LogP contribution >= 0.6 is 0 Å². The molecule has 0 spiro atoms. The van der Waals surface area contributed by atoms with Crippen LogP contribution < -0.4 is 0 Å². The van der Waals surface area contributed by atoms with Crippen molar-refractivity contribution in [1.29, 1.82) is 0 Å². The van der Waals surface area contributed by atoms with Gasteiger partial charge < -0.3 is 13.9 Å². The van der Waals surface area contributed by atoms with E-state index in [-0.39, 0.29) is 37.7 Å². The Labute approximate surface area is 154 Å². The van der Waals surface area contributed by atoms with Crippen molar-refractivity contribution in [1.82, 2.24) is 0 Å². The van der Waals surface area contributed by atoms with E-state index >= 15 is 0 Å². The normalized spacial score (nSPS) is 15.5. The lowest BCUT2D eigenvalue weighted by molar-refractivity contribution is -0.173. The van der Waals surface area contributed by atoms with Crippen molar-refractivity contribution in [2.75, 3.05) is 13.2 Å². The molecule has 1 heterocycles. The van der Waals surface area contributed by atoms with Gasteiger partial charge in [-0.25, -0.2) is 0 Å². The fourth-order valence-corrected chi connectivity index (χ4v) is 3.69. The molecule has 2 rings (SSSR count). The van der Waals surface area contributed by atoms with Gasteiger partial charge in [-0.1, -0.05) is 32.1 Å². The molecule has 1 saturated carbocycles. The molecule has 26 heavy (non-hydrogen) atoms. The Balaban J connectivity index is 2.34. The maximum atomic E-state index is 12.9. The number of ether oxygens (including phenoxy) is 2. The Morgan fingerprint density at radius 3 is 2.19 bits per heavy atom. The third-order valence-corrected chi connectivity index (χ3v) is 4.95. The maximum absolute atomic E-state index is 12.9. The third kappa shape index (κ3) is 4.74. The van der Waals surface area contributed by atoms with E-state index in [2.05, 4.69) is 0 Å². The molecule has 6 nitrogen and oxygen atoms in total. The standard InChI is InChI=1S/C20H28O6/c1-3-24-18(22)20(19(23)25-4-2,13-15-9-6-5-7-10-15)14-16(21)17-11-8-12-26-17/h8,11-12,15H,3-7,9-10,13-14H2,1-2H3. The molecular weight excluding hydrogens is 336 g/mol. The van der Waals surface area contributed by atoms with E-state index in [1.165, 1.54) is 12.3 Å². The van der Waals surface area contributed by atoms with Crippen molar-refractivity contribution in [2.45, 2.75) is 58.8 Å². The number of Topliss-reactive ketones (excluding diaryl/α,β-unsaturated/α-hetero) is 1. The summed E-state index contributed by atoms with van der Waals surface area (Å²) >= 11 is 0. The number of rotatable bonds is 9. The zero-order chi connectivity index (χ0) is 19.0. The van der Waals surface area contributed by atoms with E-state index in [4.69, 9.17) is 13.9 Å². The first kappa shape index (κ1) is 20.2. The first-order valence-electron chi connectivity index (χ1n) is 9.44. The summed E-state index contributed by atoms with van der Waals surface area (Å²) in [6.07, 6.45) is 6.55. The molecule has 0 N–H and O–H groups in total. The van der Waals surface area contributed by atoms with Crippen LogP contribution in [0.5, 0.6) is 0 Å². The maximum Gasteiger partial charge on any atom is 0.323 e. The predicted molar refractivity (Wildman–Crippen MR) is 94.5 cm³/mol. The molecule has 1 aromatic rings. The van der Waals surface area contributed by atoms with Crippen molar-refractivity contribution >= 4 is 17.7 Å². The average Bonchev–Trinajstić information content (AvgIpc) is 3.17. The van der Waals surface area contributed by atoms with Gasteiger partial charge in [0.1, 0.15) is 0 Å². The zero-order valence-corrected chi connectivity index (χ0v) is 15.6. The first-order chi connectivity index (χ1) is 12.5. The highest BCUT2D eigenvalue weighted by atomic mass is 16.6. The first-order valence-corrected chi connectivity index (χ1v) is 9.44. The minimum Gasteiger partial charge on any atom is -0.465 e. The van der Waals surface area contributed by atoms with Gasteiger partial charge in [0.2, 0.25) is 0 Å². The molecule has 0 amide bonds. The van der Waals surface area contributed by atoms with E-state index in [0.717, 1.165) is 32.1 Å². The number of hydrogen-bond acceptors (Lipinski definition) is 6. The number of esters is 2. The van der Waals surface area contributed by atoms with Crippen LogP contribution in [0.2, 0.25) is 0 Å². The Morgan fingerprint density at radius 2 is 1.69 bits per heavy atom. The van der Waals surface area contributed by atoms with Crippen LogP contribution in [0.4, 0.5) is 0 Å². The number of hydrogen-bond donors (Lipinski definition) is 0. The molecule has 6 heteroatoms. The molecule has 0 aliphatic heterocycles. The van der Waals surface area contributed by atoms with Gasteiger partial charge in [0.05, 0.1) is 19.5 Å². The third-order valence-electron chi connectivity index (χ3n) is 4.95. The number of ketones is 1. The summed E-state index contributed by atoms with van der Waals surface area (Å²) in [7, 11) is 0. The van der Waals surface area contributed by atoms with Crippen LogP contribution in [-0.2, 0) is 19.1 Å². The minimum atomic E-state index is -1.61. The van der Waals surface area contributed by atoms with Crippen LogP contribution in [0.25, 0.3) is 0 Å². The Kier molecular flexibility index (Phi) is 7.42. The molecule has 0 saturated heterocycles. The topological polar surface area (TPSA) is 82.8 Å². The number of carbonyl (C=O) groups is 3. The molecule has 1 aromatic heterocycles. The van der Waals surface area contributed by atoms with Crippen LogP contribution in [-0.4, -0.2) is 30.9 Å². The lowest BCUT2D eigenvalue weighted by Gasteiger charge is -2.33. The highest BCUT2D eigenvalue weighted by Gasteiger charge is 2.52. The van der Waals surface area contributed by atoms with Gasteiger partial charge in [0.15, 0.2) is 17.0 Å². The lowest BCUT2D eigenvalue weighted by Crippen LogP contribution is -2.45. The molecular formula is C20H28O6. The molecule has 0 aromatic carbocycles. The molecule has 0 radical (unpaired) electrons. The van der Waals surface area contributed by atoms with Crippen molar-refractivity contribution in [3.63, 3.8) is 0 Å². The molecule has 1 fully saturated rings. The highest BCUT2D eigenvalue weighted by molar-refractivity contribution is 6.06. The summed E-state index contributed by atoms with van der Waals surface area (Å²) < 4.78 is 15.6. The van der Waals surface area contributed by atoms with Gasteiger partial charge in [-0.05, 0) is 38.3 Å². The summed E-state index contributed by atoms with van der Waals surface area (Å²) in [4.78, 5) is 38.4. The summed E-state index contributed by atoms with van der Waals surface area (Å²) in [5.41, 5.74) is -1.61. The van der Waals surface area contributed by atoms with Gasteiger partial charge in [-0.2, -0.15) is 0 Å². The van der Waals surface area contributed by atoms with Gasteiger partial charge in [-0.15, -0.1) is 0 Å². The summed E-state index contributed by atoms with van der Waals surface area (Å²) in [5.74, 6) is -1.42. The van der Waals surface area contributed by atoms with Gasteiger partial charge in [0, 0.05) is 6.42 Å². The largest absolute Gasteiger partial charge is 0.465 e. The molecule has 1 aliphatic rings. The van der Waals surface area contributed by atoms with Gasteiger partial charge in [-0.3, -0.25) is 14.4 Å². The van der Waals surface area contributed by atoms with E-state index in [0.29, 0.717) is 0 Å². The second-order valence-corrected chi connectivity index (χ2v) is 6.81. The lowest BCUT2D eigenvalue weighted by atomic mass is 9.71. The molecule has 0 atom stereocenters. The Bertz CT molecular complexity index is 580. The van der Waals surface area contributed by atoms with Crippen molar-refractivity contribution in [3.8, 4) is 0 Å². The summed E-state index contributed by atoms with van der Waals surface area (Å²) in [6.45, 7) is 3.64. The van der Waals surface area contributed by atoms with E-state index in [1.54, 1.807) is 19.9 Å². The van der Waals surface area contributed by atoms with Crippen molar-refractivity contribution < 1.29 is 28.3 Å². The average molecular weight is 364 g/mol. The number of carbonyl (C=O) groups excluding carboxylic acids is 3. The Hall–Kier alpha value is -2.11. The molecule has 1 aliphatic carbocycles. The number of furan rings is 1. The SMILES string of the molecule is CCOC(=O)C(CC(=O)c1ccco1)(CC1CCCCC1)C(=O)OCC. The second-order valence-electron chi connectivity index (χ2n) is 6.81. The quantitative estimate of drug-likeness (QED) is 0.375. The van der Waals surface area contributed by atoms with Crippen molar-refractivity contribution in [3.05, 3.63) is 24.2 Å². The minimum absolute atomic E-state index is 0.131. The van der Waals surface area contributed by atoms with Crippen LogP contribution in [0.1, 0.15) is 69.3 Å². The van der Waals surface area contributed by atoms with Crippen LogP contribution in [0, 0.1) is 11.3 Å². The monoisotopic (exact) mass is 364 g/mol. The van der Waals surface area contributed by atoms with Gasteiger partial charge in [0.25, 0.3) is 0 Å². The summed E-state index contributed by atoms with van der Waals surface area (Å²) in [6, 6.07) is 3.13. The van der Waals surface area contributed by atoms with E-state index in [9.17, 15) is 14.4 Å². The zero-order valence-electron chi connectivity index (χ0n) is 15.6. The van der Waals surface area contributed by atoms with Crippen LogP contribution in [0.3, 0.4) is 0 Å². The fourth-order valence-electron chi connectivity index (χ4n) is 3.69. The Morgan fingerprint density at radius 1 is 1.08 bits per heavy atom. The predicted octanol–water partition coefficient (Wildman–Crippen LogP) is 3.94.